The van der Waals surface area contributed by atoms with Gasteiger partial charge >= 0.3 is 0 Å². The molecule has 2 aliphatic rings. The van der Waals surface area contributed by atoms with Gasteiger partial charge in [-0.05, 0) is 23.3 Å². The Morgan fingerprint density at radius 2 is 1.78 bits per heavy atom. The van der Waals surface area contributed by atoms with Crippen LogP contribution in [0.4, 0.5) is 0 Å². The van der Waals surface area contributed by atoms with Crippen molar-refractivity contribution in [1.82, 2.24) is 15.1 Å². The van der Waals surface area contributed by atoms with Gasteiger partial charge < -0.3 is 19.7 Å². The number of piperazine rings is 1. The molecular weight excluding hydrogens is 515 g/mol. The highest BCUT2D eigenvalue weighted by atomic mass is 127. The van der Waals surface area contributed by atoms with Gasteiger partial charge in [0, 0.05) is 72.4 Å². The second kappa shape index (κ2) is 12.2. The maximum absolute atomic E-state index is 5.87. The predicted octanol–water partition coefficient (Wildman–Crippen LogP) is 3.74. The summed E-state index contributed by atoms with van der Waals surface area (Å²) in [6.07, 6.45) is 1.82. The van der Waals surface area contributed by atoms with Crippen LogP contribution in [-0.2, 0) is 16.0 Å². The van der Waals surface area contributed by atoms with Gasteiger partial charge in [-0.3, -0.25) is 9.89 Å². The Kier molecular flexibility index (Phi) is 9.58. The summed E-state index contributed by atoms with van der Waals surface area (Å²) in [6.45, 7) is 10.2. The highest BCUT2D eigenvalue weighted by Crippen LogP contribution is 2.25. The largest absolute Gasteiger partial charge is 0.381 e. The third-order valence-corrected chi connectivity index (χ3v) is 6.63. The van der Waals surface area contributed by atoms with Crippen molar-refractivity contribution in [2.24, 2.45) is 4.99 Å². The Morgan fingerprint density at radius 3 is 2.50 bits per heavy atom. The van der Waals surface area contributed by atoms with Crippen LogP contribution in [-0.4, -0.2) is 81.0 Å². The van der Waals surface area contributed by atoms with E-state index in [1.807, 2.05) is 0 Å². The second-order valence-corrected chi connectivity index (χ2v) is 8.57. The van der Waals surface area contributed by atoms with Gasteiger partial charge in [0.2, 0.25) is 0 Å². The van der Waals surface area contributed by atoms with E-state index in [-0.39, 0.29) is 29.6 Å². The Labute approximate surface area is 209 Å². The van der Waals surface area contributed by atoms with Gasteiger partial charge in [0.25, 0.3) is 0 Å². The molecule has 0 aliphatic carbocycles. The molecule has 2 saturated heterocycles. The summed E-state index contributed by atoms with van der Waals surface area (Å²) in [4.78, 5) is 9.93. The highest BCUT2D eigenvalue weighted by Gasteiger charge is 2.33. The number of benzene rings is 2. The van der Waals surface area contributed by atoms with E-state index in [9.17, 15) is 0 Å². The average molecular weight is 553 g/mol. The number of hydrogen-bond acceptors (Lipinski definition) is 4. The third kappa shape index (κ3) is 6.12. The SMILES string of the molecule is CCNC(=NCC1(OC)CCOCC1)N1CCN(Cc2cccc3ccccc23)CC1.I. The van der Waals surface area contributed by atoms with Crippen LogP contribution < -0.4 is 5.32 Å². The van der Waals surface area contributed by atoms with Crippen molar-refractivity contribution in [3.8, 4) is 0 Å². The number of rotatable bonds is 6. The molecule has 0 atom stereocenters. The summed E-state index contributed by atoms with van der Waals surface area (Å²) in [5.41, 5.74) is 1.23. The first-order valence-electron chi connectivity index (χ1n) is 11.6. The van der Waals surface area contributed by atoms with Gasteiger partial charge in [0.05, 0.1) is 12.1 Å². The molecule has 2 aliphatic heterocycles. The molecule has 0 radical (unpaired) electrons. The average Bonchev–Trinajstić information content (AvgIpc) is 2.83. The zero-order chi connectivity index (χ0) is 21.5. The lowest BCUT2D eigenvalue weighted by Gasteiger charge is -2.38. The van der Waals surface area contributed by atoms with Crippen molar-refractivity contribution in [2.75, 3.05) is 59.6 Å². The van der Waals surface area contributed by atoms with Crippen LogP contribution in [0.25, 0.3) is 10.8 Å². The molecule has 0 aromatic heterocycles. The van der Waals surface area contributed by atoms with Gasteiger partial charge in [-0.15, -0.1) is 24.0 Å². The van der Waals surface area contributed by atoms with Crippen LogP contribution in [0.1, 0.15) is 25.3 Å². The predicted molar refractivity (Wildman–Crippen MR) is 142 cm³/mol. The summed E-state index contributed by atoms with van der Waals surface area (Å²) in [5.74, 6) is 1.01. The van der Waals surface area contributed by atoms with E-state index in [1.165, 1.54) is 16.3 Å². The first-order chi connectivity index (χ1) is 15.2. The van der Waals surface area contributed by atoms with Crippen molar-refractivity contribution in [3.63, 3.8) is 0 Å². The van der Waals surface area contributed by atoms with E-state index >= 15 is 0 Å². The molecule has 4 rings (SSSR count). The molecule has 0 bridgehead atoms. The van der Waals surface area contributed by atoms with Crippen LogP contribution in [0.15, 0.2) is 47.5 Å². The molecule has 0 saturated carbocycles. The third-order valence-electron chi connectivity index (χ3n) is 6.63. The quantitative estimate of drug-likeness (QED) is 0.336. The van der Waals surface area contributed by atoms with E-state index < -0.39 is 0 Å². The van der Waals surface area contributed by atoms with Crippen molar-refractivity contribution in [1.29, 1.82) is 0 Å². The second-order valence-electron chi connectivity index (χ2n) is 8.57. The molecule has 32 heavy (non-hydrogen) atoms. The van der Waals surface area contributed by atoms with Crippen molar-refractivity contribution >= 4 is 40.7 Å². The molecule has 6 nitrogen and oxygen atoms in total. The monoisotopic (exact) mass is 552 g/mol. The minimum atomic E-state index is -0.185. The number of guanidine groups is 1. The fraction of sp³-hybridized carbons (Fsp3) is 0.560. The molecule has 7 heteroatoms. The molecule has 2 fully saturated rings. The Morgan fingerprint density at radius 1 is 1.06 bits per heavy atom. The van der Waals surface area contributed by atoms with E-state index in [4.69, 9.17) is 14.5 Å². The van der Waals surface area contributed by atoms with Gasteiger partial charge in [-0.1, -0.05) is 42.5 Å². The van der Waals surface area contributed by atoms with Crippen LogP contribution in [0.5, 0.6) is 0 Å². The number of methoxy groups -OCH3 is 1. The zero-order valence-corrected chi connectivity index (χ0v) is 21.7. The van der Waals surface area contributed by atoms with Gasteiger partial charge in [-0.2, -0.15) is 0 Å². The zero-order valence-electron chi connectivity index (χ0n) is 19.4. The first kappa shape index (κ1) is 25.2. The highest BCUT2D eigenvalue weighted by molar-refractivity contribution is 14.0. The van der Waals surface area contributed by atoms with Crippen molar-refractivity contribution in [2.45, 2.75) is 31.9 Å². The Balaban J connectivity index is 0.00000289. The van der Waals surface area contributed by atoms with Crippen molar-refractivity contribution < 1.29 is 9.47 Å². The molecule has 1 N–H and O–H groups in total. The van der Waals surface area contributed by atoms with Gasteiger partial charge in [0.15, 0.2) is 5.96 Å². The summed E-state index contributed by atoms with van der Waals surface area (Å²) >= 11 is 0. The summed E-state index contributed by atoms with van der Waals surface area (Å²) in [5, 5.41) is 6.18. The van der Waals surface area contributed by atoms with Crippen molar-refractivity contribution in [3.05, 3.63) is 48.0 Å². The Hall–Kier alpha value is -1.42. The Bertz CT molecular complexity index is 872. The topological polar surface area (TPSA) is 49.3 Å². The van der Waals surface area contributed by atoms with Crippen LogP contribution in [0, 0.1) is 0 Å². The van der Waals surface area contributed by atoms with Crippen LogP contribution in [0.3, 0.4) is 0 Å². The lowest BCUT2D eigenvalue weighted by Crippen LogP contribution is -2.52. The number of ether oxygens (including phenoxy) is 2. The summed E-state index contributed by atoms with van der Waals surface area (Å²) in [6, 6.07) is 15.3. The molecule has 176 valence electrons. The molecular formula is C25H37IN4O2. The molecule has 0 spiro atoms. The number of halogens is 1. The van der Waals surface area contributed by atoms with E-state index in [0.29, 0.717) is 6.54 Å². The van der Waals surface area contributed by atoms with Crippen LogP contribution >= 0.6 is 24.0 Å². The van der Waals surface area contributed by atoms with E-state index in [2.05, 4.69) is 64.5 Å². The minimum Gasteiger partial charge on any atom is -0.381 e. The summed E-state index contributed by atoms with van der Waals surface area (Å²) < 4.78 is 11.4. The maximum Gasteiger partial charge on any atom is 0.194 e. The van der Waals surface area contributed by atoms with Crippen LogP contribution in [0.2, 0.25) is 0 Å². The molecule has 2 aromatic rings. The molecule has 2 aromatic carbocycles. The number of fused-ring (bicyclic) bond motifs is 1. The fourth-order valence-corrected chi connectivity index (χ4v) is 4.60. The lowest BCUT2D eigenvalue weighted by molar-refractivity contribution is -0.0829. The summed E-state index contributed by atoms with van der Waals surface area (Å²) in [7, 11) is 1.81. The molecule has 2 heterocycles. The molecule has 0 unspecified atom stereocenters. The van der Waals surface area contributed by atoms with Gasteiger partial charge in [0.1, 0.15) is 0 Å². The molecule has 0 amide bonds. The number of hydrogen-bond donors (Lipinski definition) is 1. The van der Waals surface area contributed by atoms with E-state index in [1.54, 1.807) is 7.11 Å². The van der Waals surface area contributed by atoms with E-state index in [0.717, 1.165) is 71.3 Å². The van der Waals surface area contributed by atoms with Gasteiger partial charge in [-0.25, -0.2) is 0 Å². The number of nitrogens with zero attached hydrogens (tertiary/aromatic N) is 3. The number of aliphatic imine (C=N–C) groups is 1. The maximum atomic E-state index is 5.87. The smallest absolute Gasteiger partial charge is 0.194 e. The fourth-order valence-electron chi connectivity index (χ4n) is 4.60. The number of nitrogens with one attached hydrogen (secondary N) is 1. The minimum absolute atomic E-state index is 0. The lowest BCUT2D eigenvalue weighted by atomic mass is 9.94. The standard InChI is InChI=1S/C25H36N4O2.HI/c1-3-26-24(27-20-25(30-2)11-17-31-18-12-25)29-15-13-28(14-16-29)19-22-9-6-8-21-7-4-5-10-23(21)22;/h4-10H,3,11-20H2,1-2H3,(H,26,27);1H. The normalized spacial score (nSPS) is 19.6. The first-order valence-corrected chi connectivity index (χ1v) is 11.6.